The largest absolute Gasteiger partial charge is 0.296 e. The van der Waals surface area contributed by atoms with Crippen LogP contribution < -0.4 is 5.32 Å². The molecule has 5 nitrogen and oxygen atoms in total. The summed E-state index contributed by atoms with van der Waals surface area (Å²) in [6.45, 7) is 2.07. The van der Waals surface area contributed by atoms with Crippen LogP contribution in [0, 0.1) is 0 Å². The van der Waals surface area contributed by atoms with Crippen LogP contribution in [0.3, 0.4) is 0 Å². The molecule has 0 unspecified atom stereocenters. The van der Waals surface area contributed by atoms with Crippen molar-refractivity contribution in [3.05, 3.63) is 41.1 Å². The van der Waals surface area contributed by atoms with E-state index in [-0.39, 0.29) is 5.91 Å². The van der Waals surface area contributed by atoms with Crippen molar-refractivity contribution >= 4 is 45.0 Å². The van der Waals surface area contributed by atoms with Gasteiger partial charge in [0.15, 0.2) is 4.34 Å². The maximum absolute atomic E-state index is 12.9. The zero-order valence-electron chi connectivity index (χ0n) is 13.2. The number of hydrogen-bond acceptors (Lipinski definition) is 6. The number of anilines is 1. The maximum atomic E-state index is 12.9. The average Bonchev–Trinajstić information content (AvgIpc) is 3.21. The minimum atomic E-state index is -0.115. The molecular formula is C17H16N4OS2. The number of aryl methyl sites for hydroxylation is 1. The van der Waals surface area contributed by atoms with Crippen molar-refractivity contribution in [2.45, 2.75) is 30.5 Å². The molecule has 3 aromatic rings. The van der Waals surface area contributed by atoms with Crippen LogP contribution in [0.2, 0.25) is 0 Å². The van der Waals surface area contributed by atoms with Gasteiger partial charge in [0, 0.05) is 11.1 Å². The highest BCUT2D eigenvalue weighted by Gasteiger charge is 2.24. The highest BCUT2D eigenvalue weighted by atomic mass is 32.2. The van der Waals surface area contributed by atoms with Crippen molar-refractivity contribution in [2.75, 3.05) is 11.1 Å². The second-order valence-corrected chi connectivity index (χ2v) is 8.03. The van der Waals surface area contributed by atoms with Crippen molar-refractivity contribution in [1.29, 1.82) is 0 Å². The van der Waals surface area contributed by atoms with E-state index in [4.69, 9.17) is 4.98 Å². The summed E-state index contributed by atoms with van der Waals surface area (Å²) in [6.07, 6.45) is 2.90. The fourth-order valence-corrected chi connectivity index (χ4v) is 4.72. The third-order valence-corrected chi connectivity index (χ3v) is 5.90. The first-order valence-corrected chi connectivity index (χ1v) is 9.74. The van der Waals surface area contributed by atoms with Gasteiger partial charge in [0.05, 0.1) is 11.1 Å². The number of fused-ring (bicyclic) bond motifs is 2. The third-order valence-electron chi connectivity index (χ3n) is 4.04. The fraction of sp³-hybridized carbons (Fsp3) is 0.294. The molecule has 7 heteroatoms. The Labute approximate surface area is 147 Å². The van der Waals surface area contributed by atoms with E-state index in [9.17, 15) is 4.79 Å². The van der Waals surface area contributed by atoms with Crippen molar-refractivity contribution in [3.8, 4) is 0 Å². The van der Waals surface area contributed by atoms with Gasteiger partial charge in [-0.2, -0.15) is 0 Å². The van der Waals surface area contributed by atoms with Gasteiger partial charge in [-0.1, -0.05) is 48.2 Å². The van der Waals surface area contributed by atoms with Crippen molar-refractivity contribution in [3.63, 3.8) is 0 Å². The van der Waals surface area contributed by atoms with Gasteiger partial charge >= 0.3 is 0 Å². The number of aromatic nitrogens is 3. The molecule has 1 N–H and O–H groups in total. The molecule has 1 aromatic carbocycles. The van der Waals surface area contributed by atoms with E-state index in [1.807, 2.05) is 24.3 Å². The summed E-state index contributed by atoms with van der Waals surface area (Å²) in [7, 11) is 0. The van der Waals surface area contributed by atoms with E-state index < -0.39 is 0 Å². The van der Waals surface area contributed by atoms with E-state index in [2.05, 4.69) is 22.4 Å². The van der Waals surface area contributed by atoms with Gasteiger partial charge in [0.1, 0.15) is 0 Å². The molecule has 2 heterocycles. The Morgan fingerprint density at radius 2 is 2.17 bits per heavy atom. The molecule has 1 amide bonds. The first-order valence-electron chi connectivity index (χ1n) is 7.94. The zero-order valence-corrected chi connectivity index (χ0v) is 14.8. The highest BCUT2D eigenvalue weighted by Crippen LogP contribution is 2.31. The molecule has 122 valence electrons. The average molecular weight is 356 g/mol. The Bertz CT molecular complexity index is 922. The highest BCUT2D eigenvalue weighted by molar-refractivity contribution is 8.01. The van der Waals surface area contributed by atoms with Gasteiger partial charge in [-0.3, -0.25) is 15.1 Å². The lowest BCUT2D eigenvalue weighted by atomic mass is 10.0. The summed E-state index contributed by atoms with van der Waals surface area (Å²) >= 11 is 3.04. The van der Waals surface area contributed by atoms with Crippen LogP contribution in [0.1, 0.15) is 35.0 Å². The number of carbonyl (C=O) groups is 1. The number of thioether (sulfide) groups is 1. The molecule has 0 saturated carbocycles. The Balaban J connectivity index is 1.73. The lowest BCUT2D eigenvalue weighted by Gasteiger charge is -2.11. The minimum absolute atomic E-state index is 0.115. The van der Waals surface area contributed by atoms with Crippen LogP contribution in [-0.4, -0.2) is 26.8 Å². The SMILES string of the molecule is CCSc1nnc(NC(=O)c2c3c(nc4ccccc24)CCC3)s1. The van der Waals surface area contributed by atoms with Gasteiger partial charge in [-0.05, 0) is 36.6 Å². The van der Waals surface area contributed by atoms with E-state index >= 15 is 0 Å². The zero-order chi connectivity index (χ0) is 16.5. The standard InChI is InChI=1S/C17H16N4OS2/c1-2-23-17-21-20-16(24-17)19-15(22)14-10-6-3-4-8-12(10)18-13-9-5-7-11(13)14/h3-4,6,8H,2,5,7,9H2,1H3,(H,19,20,22). The molecule has 2 aromatic heterocycles. The predicted octanol–water partition coefficient (Wildman–Crippen LogP) is 3.94. The fourth-order valence-electron chi connectivity index (χ4n) is 3.07. The van der Waals surface area contributed by atoms with Gasteiger partial charge in [0.2, 0.25) is 5.13 Å². The molecule has 1 aliphatic carbocycles. The number of hydrogen-bond donors (Lipinski definition) is 1. The summed E-state index contributed by atoms with van der Waals surface area (Å²) in [5.41, 5.74) is 3.76. The van der Waals surface area contributed by atoms with Crippen molar-refractivity contribution in [1.82, 2.24) is 15.2 Å². The quantitative estimate of drug-likeness (QED) is 0.566. The van der Waals surface area contributed by atoms with Gasteiger partial charge in [0.25, 0.3) is 5.91 Å². The Morgan fingerprint density at radius 1 is 1.29 bits per heavy atom. The summed E-state index contributed by atoms with van der Waals surface area (Å²) in [4.78, 5) is 17.7. The minimum Gasteiger partial charge on any atom is -0.296 e. The maximum Gasteiger partial charge on any atom is 0.258 e. The smallest absolute Gasteiger partial charge is 0.258 e. The van der Waals surface area contributed by atoms with Gasteiger partial charge in [-0.15, -0.1) is 10.2 Å². The molecule has 4 rings (SSSR count). The first kappa shape index (κ1) is 15.5. The molecule has 0 bridgehead atoms. The van der Waals surface area contributed by atoms with E-state index in [1.165, 1.54) is 11.3 Å². The van der Waals surface area contributed by atoms with Crippen LogP contribution in [0.4, 0.5) is 5.13 Å². The predicted molar refractivity (Wildman–Crippen MR) is 98.0 cm³/mol. The number of nitrogens with zero attached hydrogens (tertiary/aromatic N) is 3. The third kappa shape index (κ3) is 2.78. The summed E-state index contributed by atoms with van der Waals surface area (Å²) in [5, 5.41) is 12.5. The van der Waals surface area contributed by atoms with E-state index in [0.29, 0.717) is 5.13 Å². The van der Waals surface area contributed by atoms with Crippen molar-refractivity contribution < 1.29 is 4.79 Å². The van der Waals surface area contributed by atoms with Crippen molar-refractivity contribution in [2.24, 2.45) is 0 Å². The monoisotopic (exact) mass is 356 g/mol. The number of nitrogens with one attached hydrogen (secondary N) is 1. The molecular weight excluding hydrogens is 340 g/mol. The van der Waals surface area contributed by atoms with E-state index in [1.54, 1.807) is 11.8 Å². The van der Waals surface area contributed by atoms with Crippen LogP contribution in [0.15, 0.2) is 28.6 Å². The molecule has 0 saturated heterocycles. The lowest BCUT2D eigenvalue weighted by Crippen LogP contribution is -2.15. The number of rotatable bonds is 4. The second kappa shape index (κ2) is 6.49. The number of benzene rings is 1. The Kier molecular flexibility index (Phi) is 4.20. The first-order chi connectivity index (χ1) is 11.8. The molecule has 0 atom stereocenters. The summed E-state index contributed by atoms with van der Waals surface area (Å²) < 4.78 is 0.873. The topological polar surface area (TPSA) is 67.8 Å². The molecule has 24 heavy (non-hydrogen) atoms. The molecule has 0 fully saturated rings. The van der Waals surface area contributed by atoms with E-state index in [0.717, 1.165) is 57.1 Å². The molecule has 0 aliphatic heterocycles. The second-order valence-electron chi connectivity index (χ2n) is 5.54. The Morgan fingerprint density at radius 3 is 3.04 bits per heavy atom. The Hall–Kier alpha value is -1.99. The number of para-hydroxylation sites is 1. The van der Waals surface area contributed by atoms with Gasteiger partial charge < -0.3 is 0 Å². The number of amides is 1. The van der Waals surface area contributed by atoms with Crippen LogP contribution in [0.5, 0.6) is 0 Å². The van der Waals surface area contributed by atoms with Crippen LogP contribution in [0.25, 0.3) is 10.9 Å². The van der Waals surface area contributed by atoms with Gasteiger partial charge in [-0.25, -0.2) is 0 Å². The van der Waals surface area contributed by atoms with Crippen LogP contribution in [-0.2, 0) is 12.8 Å². The molecule has 1 aliphatic rings. The lowest BCUT2D eigenvalue weighted by molar-refractivity contribution is 0.102. The summed E-state index contributed by atoms with van der Waals surface area (Å²) in [5.74, 6) is 0.821. The number of carbonyl (C=O) groups excluding carboxylic acids is 1. The number of pyridine rings is 1. The molecule has 0 spiro atoms. The summed E-state index contributed by atoms with van der Waals surface area (Å²) in [6, 6.07) is 7.83. The van der Waals surface area contributed by atoms with Crippen LogP contribution >= 0.6 is 23.1 Å². The molecule has 0 radical (unpaired) electrons. The normalized spacial score (nSPS) is 13.2.